The highest BCUT2D eigenvalue weighted by atomic mass is 35.5. The summed E-state index contributed by atoms with van der Waals surface area (Å²) in [5.74, 6) is 0. The molecular formula is C8H9ClN2OS. The van der Waals surface area contributed by atoms with Crippen LogP contribution >= 0.6 is 22.9 Å². The second-order valence-electron chi connectivity index (χ2n) is 2.72. The van der Waals surface area contributed by atoms with Crippen molar-refractivity contribution in [1.29, 1.82) is 5.26 Å². The first kappa shape index (κ1) is 10.3. The van der Waals surface area contributed by atoms with Gasteiger partial charge in [-0.1, -0.05) is 11.3 Å². The first-order valence-electron chi connectivity index (χ1n) is 3.76. The predicted octanol–water partition coefficient (Wildman–Crippen LogP) is 1.66. The summed E-state index contributed by atoms with van der Waals surface area (Å²) in [5.41, 5.74) is 0.899. The number of thiazole rings is 1. The molecule has 0 aliphatic rings. The monoisotopic (exact) mass is 216 g/mol. The van der Waals surface area contributed by atoms with Gasteiger partial charge in [-0.3, -0.25) is 4.79 Å². The standard InChI is InChI=1S/C8H9ClN2OS/c1-5-6(2)13-8(12)11(5)4-7(9)3-10/h7H,4H2,1-2H3. The highest BCUT2D eigenvalue weighted by Crippen LogP contribution is 2.10. The minimum Gasteiger partial charge on any atom is -0.301 e. The summed E-state index contributed by atoms with van der Waals surface area (Å²) >= 11 is 6.82. The van der Waals surface area contributed by atoms with Gasteiger partial charge in [0, 0.05) is 10.6 Å². The fourth-order valence-corrected chi connectivity index (χ4v) is 1.98. The minimum absolute atomic E-state index is 0.0455. The largest absolute Gasteiger partial charge is 0.307 e. The van der Waals surface area contributed by atoms with Gasteiger partial charge in [-0.25, -0.2) is 0 Å². The first-order chi connectivity index (χ1) is 6.06. The van der Waals surface area contributed by atoms with Crippen LogP contribution in [0.5, 0.6) is 0 Å². The normalized spacial score (nSPS) is 12.5. The molecule has 0 fully saturated rings. The van der Waals surface area contributed by atoms with E-state index in [4.69, 9.17) is 16.9 Å². The molecule has 3 nitrogen and oxygen atoms in total. The average molecular weight is 217 g/mol. The van der Waals surface area contributed by atoms with Crippen molar-refractivity contribution in [3.05, 3.63) is 20.2 Å². The summed E-state index contributed by atoms with van der Waals surface area (Å²) in [6.45, 7) is 4.01. The number of nitrogens with zero attached hydrogens (tertiary/aromatic N) is 2. The van der Waals surface area contributed by atoms with E-state index < -0.39 is 5.38 Å². The molecule has 0 aliphatic heterocycles. The molecule has 13 heavy (non-hydrogen) atoms. The molecule has 0 bridgehead atoms. The van der Waals surface area contributed by atoms with E-state index in [1.165, 1.54) is 11.3 Å². The fourth-order valence-electron chi connectivity index (χ4n) is 0.999. The maximum atomic E-state index is 11.3. The van der Waals surface area contributed by atoms with Crippen molar-refractivity contribution in [2.45, 2.75) is 25.8 Å². The topological polar surface area (TPSA) is 45.8 Å². The Kier molecular flexibility index (Phi) is 3.12. The smallest absolute Gasteiger partial charge is 0.301 e. The van der Waals surface area contributed by atoms with Crippen LogP contribution in [-0.4, -0.2) is 9.94 Å². The van der Waals surface area contributed by atoms with Gasteiger partial charge in [0.15, 0.2) is 0 Å². The lowest BCUT2D eigenvalue weighted by atomic mass is 10.4. The molecule has 70 valence electrons. The third kappa shape index (κ3) is 2.11. The summed E-state index contributed by atoms with van der Waals surface area (Å²) in [6, 6.07) is 1.89. The predicted molar refractivity (Wildman–Crippen MR) is 53.3 cm³/mol. The number of aromatic nitrogens is 1. The summed E-state index contributed by atoms with van der Waals surface area (Å²) < 4.78 is 1.54. The van der Waals surface area contributed by atoms with E-state index in [9.17, 15) is 4.79 Å². The van der Waals surface area contributed by atoms with Gasteiger partial charge in [-0.2, -0.15) is 5.26 Å². The van der Waals surface area contributed by atoms with Gasteiger partial charge in [0.2, 0.25) is 0 Å². The molecule has 0 aliphatic carbocycles. The maximum absolute atomic E-state index is 11.3. The summed E-state index contributed by atoms with van der Waals surface area (Å²) in [6.07, 6.45) is 0. The fraction of sp³-hybridized carbons (Fsp3) is 0.500. The zero-order chi connectivity index (χ0) is 10.0. The molecule has 0 spiro atoms. The molecule has 0 aromatic carbocycles. The van der Waals surface area contributed by atoms with E-state index in [0.717, 1.165) is 10.6 Å². The Morgan fingerprint density at radius 1 is 1.69 bits per heavy atom. The molecule has 0 amide bonds. The molecule has 0 saturated heterocycles. The molecule has 0 saturated carbocycles. The van der Waals surface area contributed by atoms with Crippen molar-refractivity contribution < 1.29 is 0 Å². The third-order valence-corrected chi connectivity index (χ3v) is 3.09. The molecule has 1 heterocycles. The molecule has 1 unspecified atom stereocenters. The number of alkyl halides is 1. The molecular weight excluding hydrogens is 208 g/mol. The van der Waals surface area contributed by atoms with Crippen LogP contribution < -0.4 is 4.87 Å². The number of halogens is 1. The highest BCUT2D eigenvalue weighted by molar-refractivity contribution is 7.09. The molecule has 1 aromatic heterocycles. The quantitative estimate of drug-likeness (QED) is 0.706. The SMILES string of the molecule is Cc1sc(=O)n(CC(Cl)C#N)c1C. The van der Waals surface area contributed by atoms with Gasteiger partial charge < -0.3 is 4.57 Å². The van der Waals surface area contributed by atoms with Crippen LogP contribution in [0.25, 0.3) is 0 Å². The van der Waals surface area contributed by atoms with E-state index in [1.54, 1.807) is 4.57 Å². The minimum atomic E-state index is -0.634. The molecule has 0 N–H and O–H groups in total. The summed E-state index contributed by atoms with van der Waals surface area (Å²) in [4.78, 5) is 12.3. The molecule has 1 rings (SSSR count). The van der Waals surface area contributed by atoms with Crippen molar-refractivity contribution in [2.75, 3.05) is 0 Å². The molecule has 0 radical (unpaired) electrons. The van der Waals surface area contributed by atoms with Crippen LogP contribution in [0.1, 0.15) is 10.6 Å². The highest BCUT2D eigenvalue weighted by Gasteiger charge is 2.11. The van der Waals surface area contributed by atoms with Crippen molar-refractivity contribution in [1.82, 2.24) is 4.57 Å². The average Bonchev–Trinajstić information content (AvgIpc) is 2.32. The van der Waals surface area contributed by atoms with E-state index in [2.05, 4.69) is 0 Å². The van der Waals surface area contributed by atoms with Crippen molar-refractivity contribution >= 4 is 22.9 Å². The number of hydrogen-bond acceptors (Lipinski definition) is 3. The van der Waals surface area contributed by atoms with Crippen LogP contribution in [0.4, 0.5) is 0 Å². The number of rotatable bonds is 2. The van der Waals surface area contributed by atoms with Crippen molar-refractivity contribution in [3.63, 3.8) is 0 Å². The number of hydrogen-bond donors (Lipinski definition) is 0. The second kappa shape index (κ2) is 3.95. The van der Waals surface area contributed by atoms with Crippen LogP contribution in [0.3, 0.4) is 0 Å². The number of aryl methyl sites for hydroxylation is 1. The summed E-state index contributed by atoms with van der Waals surface area (Å²) in [7, 11) is 0. The van der Waals surface area contributed by atoms with Crippen LogP contribution in [0.15, 0.2) is 4.79 Å². The van der Waals surface area contributed by atoms with E-state index in [0.29, 0.717) is 0 Å². The Hall–Kier alpha value is -0.790. The zero-order valence-corrected chi connectivity index (χ0v) is 8.95. The van der Waals surface area contributed by atoms with Gasteiger partial charge in [0.05, 0.1) is 12.6 Å². The van der Waals surface area contributed by atoms with E-state index >= 15 is 0 Å². The van der Waals surface area contributed by atoms with Crippen LogP contribution in [0, 0.1) is 25.2 Å². The second-order valence-corrected chi connectivity index (χ2v) is 4.41. The Labute approximate surface area is 85.2 Å². The van der Waals surface area contributed by atoms with Gasteiger partial charge in [-0.15, -0.1) is 11.6 Å². The molecule has 1 atom stereocenters. The lowest BCUT2D eigenvalue weighted by molar-refractivity contribution is 0.685. The molecule has 5 heteroatoms. The Bertz CT molecular complexity index is 401. The number of nitriles is 1. The Morgan fingerprint density at radius 3 is 2.69 bits per heavy atom. The molecule has 1 aromatic rings. The lowest BCUT2D eigenvalue weighted by Crippen LogP contribution is -2.19. The van der Waals surface area contributed by atoms with Gasteiger partial charge in [0.25, 0.3) is 0 Å². The maximum Gasteiger partial charge on any atom is 0.307 e. The zero-order valence-electron chi connectivity index (χ0n) is 7.37. The summed E-state index contributed by atoms with van der Waals surface area (Å²) in [5, 5.41) is 7.86. The third-order valence-electron chi connectivity index (χ3n) is 1.86. The van der Waals surface area contributed by atoms with Gasteiger partial charge in [0.1, 0.15) is 5.38 Å². The lowest BCUT2D eigenvalue weighted by Gasteiger charge is -2.03. The van der Waals surface area contributed by atoms with E-state index in [-0.39, 0.29) is 11.4 Å². The van der Waals surface area contributed by atoms with E-state index in [1.807, 2.05) is 19.9 Å². The first-order valence-corrected chi connectivity index (χ1v) is 5.02. The van der Waals surface area contributed by atoms with Crippen LogP contribution in [0.2, 0.25) is 0 Å². The Morgan fingerprint density at radius 2 is 2.31 bits per heavy atom. The van der Waals surface area contributed by atoms with Crippen molar-refractivity contribution in [2.24, 2.45) is 0 Å². The van der Waals surface area contributed by atoms with Crippen molar-refractivity contribution in [3.8, 4) is 6.07 Å². The Balaban J connectivity index is 3.02. The van der Waals surface area contributed by atoms with Gasteiger partial charge >= 0.3 is 4.87 Å². The van der Waals surface area contributed by atoms with Gasteiger partial charge in [-0.05, 0) is 13.8 Å². The van der Waals surface area contributed by atoms with Crippen LogP contribution in [-0.2, 0) is 6.54 Å².